The molecule has 0 unspecified atom stereocenters. The predicted molar refractivity (Wildman–Crippen MR) is 59.4 cm³/mol. The first-order valence-corrected chi connectivity index (χ1v) is 6.43. The van der Waals surface area contributed by atoms with E-state index in [1.807, 2.05) is 11.8 Å². The lowest BCUT2D eigenvalue weighted by molar-refractivity contribution is -0.128. The molecule has 0 atom stereocenters. The van der Waals surface area contributed by atoms with Gasteiger partial charge in [-0.3, -0.25) is 4.79 Å². The Kier molecular flexibility index (Phi) is 5.33. The average Bonchev–Trinajstić information content (AvgIpc) is 2.98. The van der Waals surface area contributed by atoms with Crippen LogP contribution in [-0.4, -0.2) is 46.6 Å². The molecule has 1 N–H and O–H groups in total. The van der Waals surface area contributed by atoms with Gasteiger partial charge in [-0.25, -0.2) is 0 Å². The van der Waals surface area contributed by atoms with Gasteiger partial charge in [-0.2, -0.15) is 11.8 Å². The van der Waals surface area contributed by atoms with E-state index in [1.165, 1.54) is 12.8 Å². The Hall–Kier alpha value is -0.220. The number of carbonyl (C=O) groups excluding carboxylic acids is 1. The van der Waals surface area contributed by atoms with Crippen molar-refractivity contribution in [3.05, 3.63) is 0 Å². The molecule has 0 saturated heterocycles. The van der Waals surface area contributed by atoms with Gasteiger partial charge in [0.05, 0.1) is 5.75 Å². The van der Waals surface area contributed by atoms with Crippen molar-refractivity contribution in [1.82, 2.24) is 4.90 Å². The minimum atomic E-state index is 0.224. The maximum absolute atomic E-state index is 11.7. The number of rotatable bonds is 7. The van der Waals surface area contributed by atoms with Crippen molar-refractivity contribution in [2.45, 2.75) is 32.2 Å². The Labute approximate surface area is 89.9 Å². The topological polar surface area (TPSA) is 40.5 Å². The molecule has 0 radical (unpaired) electrons. The highest BCUT2D eigenvalue weighted by Crippen LogP contribution is 2.27. The van der Waals surface area contributed by atoms with Crippen LogP contribution in [0.5, 0.6) is 0 Å². The van der Waals surface area contributed by atoms with E-state index in [-0.39, 0.29) is 12.5 Å². The third kappa shape index (κ3) is 3.88. The fourth-order valence-electron chi connectivity index (χ4n) is 1.43. The smallest absolute Gasteiger partial charge is 0.232 e. The normalized spacial score (nSPS) is 15.6. The minimum absolute atomic E-state index is 0.224. The Morgan fingerprint density at radius 2 is 2.29 bits per heavy atom. The third-order valence-electron chi connectivity index (χ3n) is 2.32. The number of carbonyl (C=O) groups is 1. The summed E-state index contributed by atoms with van der Waals surface area (Å²) in [5.74, 6) is 1.72. The molecule has 1 fully saturated rings. The molecule has 3 nitrogen and oxygen atoms in total. The summed E-state index contributed by atoms with van der Waals surface area (Å²) in [4.78, 5) is 13.6. The molecular formula is C10H19NO2S. The van der Waals surface area contributed by atoms with Crippen LogP contribution in [0.1, 0.15) is 26.2 Å². The van der Waals surface area contributed by atoms with E-state index >= 15 is 0 Å². The van der Waals surface area contributed by atoms with E-state index in [0.29, 0.717) is 11.8 Å². The summed E-state index contributed by atoms with van der Waals surface area (Å²) in [6.07, 6.45) is 3.15. The van der Waals surface area contributed by atoms with E-state index in [1.54, 1.807) is 11.8 Å². The first-order valence-electron chi connectivity index (χ1n) is 5.27. The molecule has 14 heavy (non-hydrogen) atoms. The number of hydrogen-bond donors (Lipinski definition) is 1. The van der Waals surface area contributed by atoms with Crippen LogP contribution in [0, 0.1) is 0 Å². The number of aliphatic hydroxyl groups is 1. The van der Waals surface area contributed by atoms with Crippen molar-refractivity contribution in [3.8, 4) is 0 Å². The fraction of sp³-hybridized carbons (Fsp3) is 0.900. The zero-order valence-electron chi connectivity index (χ0n) is 8.74. The van der Waals surface area contributed by atoms with Crippen molar-refractivity contribution >= 4 is 17.7 Å². The van der Waals surface area contributed by atoms with E-state index in [2.05, 4.69) is 0 Å². The second-order valence-corrected chi connectivity index (χ2v) is 4.65. The molecule has 1 aliphatic rings. The summed E-state index contributed by atoms with van der Waals surface area (Å²) in [5, 5.41) is 8.58. The van der Waals surface area contributed by atoms with Crippen molar-refractivity contribution in [3.63, 3.8) is 0 Å². The Balaban J connectivity index is 2.12. The highest BCUT2D eigenvalue weighted by Gasteiger charge is 2.30. The zero-order valence-corrected chi connectivity index (χ0v) is 9.55. The van der Waals surface area contributed by atoms with E-state index in [4.69, 9.17) is 5.11 Å². The largest absolute Gasteiger partial charge is 0.396 e. The minimum Gasteiger partial charge on any atom is -0.396 e. The lowest BCUT2D eigenvalue weighted by Gasteiger charge is -2.19. The van der Waals surface area contributed by atoms with Crippen LogP contribution in [0.25, 0.3) is 0 Å². The van der Waals surface area contributed by atoms with Gasteiger partial charge in [0.1, 0.15) is 0 Å². The molecule has 1 rings (SSSR count). The van der Waals surface area contributed by atoms with Gasteiger partial charge in [-0.15, -0.1) is 0 Å². The Bertz CT molecular complexity index is 183. The highest BCUT2D eigenvalue weighted by molar-refractivity contribution is 7.99. The Morgan fingerprint density at radius 1 is 1.57 bits per heavy atom. The van der Waals surface area contributed by atoms with E-state index in [0.717, 1.165) is 18.7 Å². The van der Waals surface area contributed by atoms with Crippen molar-refractivity contribution < 1.29 is 9.90 Å². The number of amides is 1. The maximum atomic E-state index is 11.7. The van der Waals surface area contributed by atoms with Crippen LogP contribution in [0.3, 0.4) is 0 Å². The average molecular weight is 217 g/mol. The number of nitrogens with zero attached hydrogens (tertiary/aromatic N) is 1. The Morgan fingerprint density at radius 3 is 2.79 bits per heavy atom. The van der Waals surface area contributed by atoms with Gasteiger partial charge in [-0.1, -0.05) is 0 Å². The summed E-state index contributed by atoms with van der Waals surface area (Å²) >= 11 is 1.62. The van der Waals surface area contributed by atoms with Gasteiger partial charge < -0.3 is 10.0 Å². The predicted octanol–water partition coefficient (Wildman–Crippen LogP) is 1.11. The summed E-state index contributed by atoms with van der Waals surface area (Å²) in [7, 11) is 0. The molecular weight excluding hydrogens is 198 g/mol. The summed E-state index contributed by atoms with van der Waals surface area (Å²) in [5.41, 5.74) is 0. The second-order valence-electron chi connectivity index (χ2n) is 3.54. The summed E-state index contributed by atoms with van der Waals surface area (Å²) < 4.78 is 0. The SMILES string of the molecule is CCN(C(=O)CSCCCO)C1CC1. The highest BCUT2D eigenvalue weighted by atomic mass is 32.2. The molecule has 1 amide bonds. The summed E-state index contributed by atoms with van der Waals surface area (Å²) in [6.45, 7) is 3.10. The molecule has 0 spiro atoms. The first-order chi connectivity index (χ1) is 6.79. The van der Waals surface area contributed by atoms with Gasteiger partial charge in [0, 0.05) is 19.2 Å². The van der Waals surface area contributed by atoms with Crippen molar-refractivity contribution in [2.24, 2.45) is 0 Å². The van der Waals surface area contributed by atoms with Crippen LogP contribution < -0.4 is 0 Å². The fourth-order valence-corrected chi connectivity index (χ4v) is 2.25. The van der Waals surface area contributed by atoms with Gasteiger partial charge in [-0.05, 0) is 31.9 Å². The molecule has 4 heteroatoms. The van der Waals surface area contributed by atoms with Gasteiger partial charge in [0.2, 0.25) is 5.91 Å². The van der Waals surface area contributed by atoms with Gasteiger partial charge >= 0.3 is 0 Å². The van der Waals surface area contributed by atoms with Gasteiger partial charge in [0.25, 0.3) is 0 Å². The molecule has 0 aromatic rings. The van der Waals surface area contributed by atoms with Gasteiger partial charge in [0.15, 0.2) is 0 Å². The van der Waals surface area contributed by atoms with Crippen LogP contribution in [0.4, 0.5) is 0 Å². The quantitative estimate of drug-likeness (QED) is 0.650. The van der Waals surface area contributed by atoms with E-state index in [9.17, 15) is 4.79 Å². The van der Waals surface area contributed by atoms with Crippen LogP contribution in [-0.2, 0) is 4.79 Å². The molecule has 1 aliphatic carbocycles. The second kappa shape index (κ2) is 6.30. The molecule has 82 valence electrons. The molecule has 0 aromatic heterocycles. The molecule has 0 aliphatic heterocycles. The zero-order chi connectivity index (χ0) is 10.4. The third-order valence-corrected chi connectivity index (χ3v) is 3.35. The van der Waals surface area contributed by atoms with Crippen molar-refractivity contribution in [2.75, 3.05) is 24.7 Å². The van der Waals surface area contributed by atoms with Crippen molar-refractivity contribution in [1.29, 1.82) is 0 Å². The monoisotopic (exact) mass is 217 g/mol. The standard InChI is InChI=1S/C10H19NO2S/c1-2-11(9-4-5-9)10(13)8-14-7-3-6-12/h9,12H,2-8H2,1H3. The lowest BCUT2D eigenvalue weighted by atomic mass is 10.4. The maximum Gasteiger partial charge on any atom is 0.232 e. The van der Waals surface area contributed by atoms with E-state index < -0.39 is 0 Å². The lowest BCUT2D eigenvalue weighted by Crippen LogP contribution is -2.34. The summed E-state index contributed by atoms with van der Waals surface area (Å²) in [6, 6.07) is 0.533. The van der Waals surface area contributed by atoms with Crippen LogP contribution in [0.2, 0.25) is 0 Å². The van der Waals surface area contributed by atoms with Crippen LogP contribution >= 0.6 is 11.8 Å². The number of thioether (sulfide) groups is 1. The molecule has 0 bridgehead atoms. The first kappa shape index (κ1) is 11.9. The molecule has 0 heterocycles. The number of hydrogen-bond acceptors (Lipinski definition) is 3. The molecule has 1 saturated carbocycles. The molecule has 0 aromatic carbocycles. The number of aliphatic hydroxyl groups excluding tert-OH is 1. The van der Waals surface area contributed by atoms with Crippen LogP contribution in [0.15, 0.2) is 0 Å².